The zero-order valence-electron chi connectivity index (χ0n) is 21.8. The van der Waals surface area contributed by atoms with Crippen molar-refractivity contribution in [3.05, 3.63) is 100 Å². The highest BCUT2D eigenvalue weighted by Crippen LogP contribution is 2.21. The van der Waals surface area contributed by atoms with E-state index in [1.807, 2.05) is 0 Å². The van der Waals surface area contributed by atoms with Gasteiger partial charge in [0.15, 0.2) is 0 Å². The minimum Gasteiger partial charge on any atom is -0.497 e. The highest BCUT2D eigenvalue weighted by molar-refractivity contribution is 6.12. The predicted octanol–water partition coefficient (Wildman–Crippen LogP) is 4.75. The van der Waals surface area contributed by atoms with Gasteiger partial charge in [0.25, 0.3) is 11.5 Å². The van der Waals surface area contributed by atoms with Crippen LogP contribution in [-0.2, 0) is 4.74 Å². The number of benzene rings is 3. The third-order valence-corrected chi connectivity index (χ3v) is 6.43. The zero-order chi connectivity index (χ0) is 27.1. The van der Waals surface area contributed by atoms with Crippen molar-refractivity contribution < 1.29 is 19.1 Å². The molecule has 0 saturated carbocycles. The van der Waals surface area contributed by atoms with Crippen molar-refractivity contribution in [3.63, 3.8) is 0 Å². The number of methoxy groups -OCH3 is 1. The molecule has 4 rings (SSSR count). The molecule has 1 amide bonds. The number of esters is 1. The Bertz CT molecular complexity index is 1470. The molecule has 0 saturated heterocycles. The Labute approximate surface area is 221 Å². The number of carbonyl (C=O) groups is 2. The fourth-order valence-electron chi connectivity index (χ4n) is 4.19. The number of nitrogens with one attached hydrogen (secondary N) is 1. The second kappa shape index (κ2) is 12.2. The maximum absolute atomic E-state index is 13.4. The number of hydrogen-bond donors (Lipinski definition) is 1. The summed E-state index contributed by atoms with van der Waals surface area (Å²) in [5.74, 6) is -0.123. The van der Waals surface area contributed by atoms with E-state index in [1.54, 1.807) is 86.1 Å². The molecule has 38 heavy (non-hydrogen) atoms. The number of hydrogen-bond acceptors (Lipinski definition) is 6. The van der Waals surface area contributed by atoms with Crippen molar-refractivity contribution in [2.45, 2.75) is 13.8 Å². The molecule has 0 radical (unpaired) electrons. The van der Waals surface area contributed by atoms with Gasteiger partial charge in [0.1, 0.15) is 12.4 Å². The summed E-state index contributed by atoms with van der Waals surface area (Å²) in [5.41, 5.74) is 1.64. The number of fused-ring (bicyclic) bond motifs is 1. The number of ether oxygens (including phenoxy) is 2. The largest absolute Gasteiger partial charge is 0.497 e. The molecular formula is C30H31N3O5. The van der Waals surface area contributed by atoms with Crippen molar-refractivity contribution >= 4 is 28.3 Å². The molecule has 196 valence electrons. The molecule has 0 aliphatic heterocycles. The number of anilines is 1. The second-order valence-electron chi connectivity index (χ2n) is 8.66. The van der Waals surface area contributed by atoms with E-state index in [0.717, 1.165) is 13.1 Å². The lowest BCUT2D eigenvalue weighted by Crippen LogP contribution is -2.27. The Kier molecular flexibility index (Phi) is 8.55. The Morgan fingerprint density at radius 3 is 2.18 bits per heavy atom. The highest BCUT2D eigenvalue weighted by atomic mass is 16.5. The van der Waals surface area contributed by atoms with Gasteiger partial charge >= 0.3 is 5.97 Å². The highest BCUT2D eigenvalue weighted by Gasteiger charge is 2.16. The topological polar surface area (TPSA) is 89.9 Å². The number of likely N-dealkylation sites (N-methyl/N-ethyl adjacent to an activating group) is 1. The van der Waals surface area contributed by atoms with Crippen LogP contribution < -0.4 is 15.6 Å². The number of carbonyl (C=O) groups excluding carboxylic acids is 2. The Hall–Kier alpha value is -4.43. The van der Waals surface area contributed by atoms with E-state index in [9.17, 15) is 14.4 Å². The van der Waals surface area contributed by atoms with Crippen molar-refractivity contribution in [1.29, 1.82) is 0 Å². The number of pyridine rings is 1. The normalized spacial score (nSPS) is 10.9. The summed E-state index contributed by atoms with van der Waals surface area (Å²) in [6, 6.07) is 20.6. The van der Waals surface area contributed by atoms with Crippen LogP contribution in [0.2, 0.25) is 0 Å². The molecular weight excluding hydrogens is 482 g/mol. The van der Waals surface area contributed by atoms with Gasteiger partial charge in [-0.25, -0.2) is 4.79 Å². The molecule has 0 fully saturated rings. The monoisotopic (exact) mass is 513 g/mol. The van der Waals surface area contributed by atoms with Crippen molar-refractivity contribution in [2.75, 3.05) is 38.7 Å². The fraction of sp³-hybridized carbons (Fsp3) is 0.233. The molecule has 0 aliphatic carbocycles. The van der Waals surface area contributed by atoms with Crippen LogP contribution in [0.5, 0.6) is 5.75 Å². The van der Waals surface area contributed by atoms with E-state index < -0.39 is 5.97 Å². The van der Waals surface area contributed by atoms with E-state index in [2.05, 4.69) is 24.1 Å². The van der Waals surface area contributed by atoms with Gasteiger partial charge in [0, 0.05) is 34.9 Å². The Balaban J connectivity index is 1.54. The summed E-state index contributed by atoms with van der Waals surface area (Å²) in [4.78, 5) is 41.1. The van der Waals surface area contributed by atoms with E-state index in [1.165, 1.54) is 4.57 Å². The van der Waals surface area contributed by atoms with E-state index in [0.29, 0.717) is 52.2 Å². The lowest BCUT2D eigenvalue weighted by atomic mass is 10.1. The fourth-order valence-corrected chi connectivity index (χ4v) is 4.19. The van der Waals surface area contributed by atoms with Crippen LogP contribution in [0.15, 0.2) is 83.8 Å². The molecule has 1 aromatic heterocycles. The molecule has 0 aliphatic rings. The van der Waals surface area contributed by atoms with E-state index >= 15 is 0 Å². The smallest absolute Gasteiger partial charge is 0.338 e. The Morgan fingerprint density at radius 1 is 0.895 bits per heavy atom. The van der Waals surface area contributed by atoms with Crippen LogP contribution in [0.4, 0.5) is 5.69 Å². The molecule has 0 bridgehead atoms. The first-order valence-electron chi connectivity index (χ1n) is 12.5. The molecule has 0 atom stereocenters. The summed E-state index contributed by atoms with van der Waals surface area (Å²) >= 11 is 0. The molecule has 8 nitrogen and oxygen atoms in total. The van der Waals surface area contributed by atoms with Crippen LogP contribution in [0.1, 0.15) is 34.6 Å². The van der Waals surface area contributed by atoms with E-state index in [4.69, 9.17) is 9.47 Å². The van der Waals surface area contributed by atoms with Crippen LogP contribution in [0, 0.1) is 0 Å². The standard InChI is InChI=1S/C30H31N3O5/c1-4-32(5-2)18-19-38-30(36)21-10-12-22(13-11-21)31-28(34)27-20-33(23-14-16-24(37-3)17-15-23)29(35)26-9-7-6-8-25(26)27/h6-17,20H,4-5,18-19H2,1-3H3,(H,31,34). The number of nitrogens with zero attached hydrogens (tertiary/aromatic N) is 2. The third-order valence-electron chi connectivity index (χ3n) is 6.43. The first-order chi connectivity index (χ1) is 18.4. The summed E-state index contributed by atoms with van der Waals surface area (Å²) in [7, 11) is 1.57. The predicted molar refractivity (Wildman–Crippen MR) is 149 cm³/mol. The van der Waals surface area contributed by atoms with Crippen molar-refractivity contribution in [1.82, 2.24) is 9.47 Å². The van der Waals surface area contributed by atoms with Gasteiger partial charge in [-0.15, -0.1) is 0 Å². The average molecular weight is 514 g/mol. The van der Waals surface area contributed by atoms with Crippen molar-refractivity contribution in [2.24, 2.45) is 0 Å². The molecule has 0 spiro atoms. The van der Waals surface area contributed by atoms with Crippen LogP contribution in [0.25, 0.3) is 16.5 Å². The first-order valence-corrected chi connectivity index (χ1v) is 12.5. The molecule has 1 heterocycles. The molecule has 3 aromatic carbocycles. The van der Waals surface area contributed by atoms with Gasteiger partial charge < -0.3 is 19.7 Å². The summed E-state index contributed by atoms with van der Waals surface area (Å²) < 4.78 is 12.0. The SMILES string of the molecule is CCN(CC)CCOC(=O)c1ccc(NC(=O)c2cn(-c3ccc(OC)cc3)c(=O)c3ccccc23)cc1. The Morgan fingerprint density at radius 2 is 1.55 bits per heavy atom. The summed E-state index contributed by atoms with van der Waals surface area (Å²) in [6.07, 6.45) is 1.55. The third kappa shape index (κ3) is 5.92. The molecule has 8 heteroatoms. The van der Waals surface area contributed by atoms with Crippen LogP contribution in [0.3, 0.4) is 0 Å². The molecule has 1 N–H and O–H groups in total. The maximum Gasteiger partial charge on any atom is 0.338 e. The lowest BCUT2D eigenvalue weighted by Gasteiger charge is -2.17. The van der Waals surface area contributed by atoms with Gasteiger partial charge in [0.05, 0.1) is 18.2 Å². The van der Waals surface area contributed by atoms with Gasteiger partial charge in [-0.05, 0) is 67.7 Å². The molecule has 0 unspecified atom stereocenters. The lowest BCUT2D eigenvalue weighted by molar-refractivity contribution is 0.0466. The minimum atomic E-state index is -0.410. The second-order valence-corrected chi connectivity index (χ2v) is 8.66. The van der Waals surface area contributed by atoms with Crippen molar-refractivity contribution in [3.8, 4) is 11.4 Å². The number of rotatable bonds is 10. The van der Waals surface area contributed by atoms with Gasteiger partial charge in [-0.3, -0.25) is 14.2 Å². The van der Waals surface area contributed by atoms with Gasteiger partial charge in [-0.1, -0.05) is 32.0 Å². The summed E-state index contributed by atoms with van der Waals surface area (Å²) in [5, 5.41) is 3.85. The van der Waals surface area contributed by atoms with Crippen LogP contribution in [-0.4, -0.2) is 54.7 Å². The minimum absolute atomic E-state index is 0.230. The summed E-state index contributed by atoms with van der Waals surface area (Å²) in [6.45, 7) is 6.92. The van der Waals surface area contributed by atoms with E-state index in [-0.39, 0.29) is 11.5 Å². The average Bonchev–Trinajstić information content (AvgIpc) is 2.96. The zero-order valence-corrected chi connectivity index (χ0v) is 21.8. The first kappa shape index (κ1) is 26.6. The maximum atomic E-state index is 13.4. The quantitative estimate of drug-likeness (QED) is 0.308. The van der Waals surface area contributed by atoms with Crippen LogP contribution >= 0.6 is 0 Å². The molecule has 4 aromatic rings. The number of amides is 1. The van der Waals surface area contributed by atoms with Gasteiger partial charge in [-0.2, -0.15) is 0 Å². The number of aromatic nitrogens is 1. The van der Waals surface area contributed by atoms with Gasteiger partial charge in [0.2, 0.25) is 0 Å².